The van der Waals surface area contributed by atoms with Crippen molar-refractivity contribution in [1.82, 2.24) is 10.4 Å². The van der Waals surface area contributed by atoms with Gasteiger partial charge in [0.25, 0.3) is 5.91 Å². The highest BCUT2D eigenvalue weighted by molar-refractivity contribution is 5.94. The van der Waals surface area contributed by atoms with Gasteiger partial charge in [0.2, 0.25) is 5.75 Å². The Balaban J connectivity index is 2.20. The number of amides is 1. The molecule has 2 aromatic rings. The first-order valence-electron chi connectivity index (χ1n) is 8.29. The van der Waals surface area contributed by atoms with Crippen molar-refractivity contribution in [2.45, 2.75) is 19.8 Å². The average molecular weight is 372 g/mol. The van der Waals surface area contributed by atoms with Crippen molar-refractivity contribution in [3.8, 4) is 11.5 Å². The van der Waals surface area contributed by atoms with Crippen LogP contribution in [0.2, 0.25) is 0 Å². The summed E-state index contributed by atoms with van der Waals surface area (Å²) in [5.74, 6) is -0.120. The molecule has 0 saturated heterocycles. The first-order valence-corrected chi connectivity index (χ1v) is 8.29. The Hall–Kier alpha value is -3.49. The average Bonchev–Trinajstić information content (AvgIpc) is 2.68. The number of unbranched alkanes of at least 4 members (excludes halogenated alkanes) is 1. The molecule has 0 saturated carbocycles. The first kappa shape index (κ1) is 19.8. The highest BCUT2D eigenvalue weighted by atomic mass is 16.6. The first-order chi connectivity index (χ1) is 13.1. The van der Waals surface area contributed by atoms with E-state index in [0.717, 1.165) is 12.8 Å². The van der Waals surface area contributed by atoms with Crippen molar-refractivity contribution in [2.24, 2.45) is 5.10 Å². The van der Waals surface area contributed by atoms with Gasteiger partial charge in [0.05, 0.1) is 24.9 Å². The van der Waals surface area contributed by atoms with Crippen LogP contribution in [0.4, 0.5) is 5.69 Å². The van der Waals surface area contributed by atoms with Gasteiger partial charge in [-0.15, -0.1) is 0 Å². The lowest BCUT2D eigenvalue weighted by molar-refractivity contribution is -0.386. The number of pyridine rings is 1. The summed E-state index contributed by atoms with van der Waals surface area (Å²) in [6, 6.07) is 5.95. The lowest BCUT2D eigenvalue weighted by atomic mass is 10.2. The largest absolute Gasteiger partial charge is 0.493 e. The lowest BCUT2D eigenvalue weighted by Gasteiger charge is -2.11. The Morgan fingerprint density at radius 2 is 2.11 bits per heavy atom. The second-order valence-corrected chi connectivity index (χ2v) is 5.47. The fraction of sp³-hybridized carbons (Fsp3) is 0.278. The van der Waals surface area contributed by atoms with Crippen LogP contribution in [0.25, 0.3) is 0 Å². The number of nitrogens with one attached hydrogen (secondary N) is 1. The Labute approximate surface area is 156 Å². The molecular weight excluding hydrogens is 352 g/mol. The molecule has 0 atom stereocenters. The molecule has 9 heteroatoms. The van der Waals surface area contributed by atoms with E-state index >= 15 is 0 Å². The molecule has 0 spiro atoms. The summed E-state index contributed by atoms with van der Waals surface area (Å²) in [5.41, 5.74) is 2.90. The third-order valence-electron chi connectivity index (χ3n) is 3.54. The Morgan fingerprint density at radius 1 is 1.37 bits per heavy atom. The maximum atomic E-state index is 11.9. The van der Waals surface area contributed by atoms with E-state index in [1.165, 1.54) is 31.8 Å². The number of nitro benzene ring substituents is 1. The monoisotopic (exact) mass is 372 g/mol. The van der Waals surface area contributed by atoms with Crippen molar-refractivity contribution in [1.29, 1.82) is 0 Å². The van der Waals surface area contributed by atoms with Crippen LogP contribution in [-0.4, -0.2) is 35.7 Å². The molecular formula is C18H20N4O5. The molecule has 0 bridgehead atoms. The molecule has 27 heavy (non-hydrogen) atoms. The van der Waals surface area contributed by atoms with Crippen LogP contribution in [0.5, 0.6) is 11.5 Å². The molecule has 0 aliphatic carbocycles. The van der Waals surface area contributed by atoms with E-state index in [1.54, 1.807) is 18.2 Å². The van der Waals surface area contributed by atoms with Crippen LogP contribution in [0.15, 0.2) is 41.8 Å². The molecule has 1 heterocycles. The number of aromatic nitrogens is 1. The highest BCUT2D eigenvalue weighted by Crippen LogP contribution is 2.38. The SMILES string of the molecule is CCCCOc1c(OC)cc(/C=N\NC(=O)c2ccncc2)cc1[N+](=O)[O-]. The molecule has 0 aliphatic heterocycles. The zero-order valence-electron chi connectivity index (χ0n) is 15.0. The van der Waals surface area contributed by atoms with Crippen LogP contribution in [0.1, 0.15) is 35.7 Å². The molecule has 142 valence electrons. The minimum absolute atomic E-state index is 0.0777. The quantitative estimate of drug-likeness (QED) is 0.313. The van der Waals surface area contributed by atoms with Crippen molar-refractivity contribution in [3.05, 3.63) is 57.9 Å². The number of rotatable bonds is 9. The van der Waals surface area contributed by atoms with Gasteiger partial charge in [0, 0.05) is 29.6 Å². The van der Waals surface area contributed by atoms with Crippen LogP contribution >= 0.6 is 0 Å². The number of benzene rings is 1. The van der Waals surface area contributed by atoms with E-state index in [9.17, 15) is 14.9 Å². The van der Waals surface area contributed by atoms with Crippen molar-refractivity contribution in [3.63, 3.8) is 0 Å². The molecule has 1 N–H and O–H groups in total. The minimum Gasteiger partial charge on any atom is -0.493 e. The highest BCUT2D eigenvalue weighted by Gasteiger charge is 2.22. The second kappa shape index (κ2) is 9.85. The maximum Gasteiger partial charge on any atom is 0.315 e. The predicted octanol–water partition coefficient (Wildman–Crippen LogP) is 2.94. The summed E-state index contributed by atoms with van der Waals surface area (Å²) in [6.45, 7) is 2.35. The number of methoxy groups -OCH3 is 1. The Kier molecular flexibility index (Phi) is 7.24. The van der Waals surface area contributed by atoms with Gasteiger partial charge >= 0.3 is 5.69 Å². The van der Waals surface area contributed by atoms with E-state index < -0.39 is 10.8 Å². The van der Waals surface area contributed by atoms with E-state index in [1.807, 2.05) is 6.92 Å². The third-order valence-corrected chi connectivity index (χ3v) is 3.54. The van der Waals surface area contributed by atoms with Gasteiger partial charge in [-0.1, -0.05) is 13.3 Å². The van der Waals surface area contributed by atoms with Gasteiger partial charge in [-0.25, -0.2) is 5.43 Å². The summed E-state index contributed by atoms with van der Waals surface area (Å²) in [6.07, 6.45) is 5.95. The molecule has 0 radical (unpaired) electrons. The minimum atomic E-state index is -0.545. The van der Waals surface area contributed by atoms with Crippen molar-refractivity contribution in [2.75, 3.05) is 13.7 Å². The van der Waals surface area contributed by atoms with Crippen LogP contribution < -0.4 is 14.9 Å². The van der Waals surface area contributed by atoms with E-state index in [4.69, 9.17) is 9.47 Å². The predicted molar refractivity (Wildman–Crippen MR) is 99.3 cm³/mol. The standard InChI is InChI=1S/C18H20N4O5/c1-3-4-9-27-17-15(22(24)25)10-13(11-16(17)26-2)12-20-21-18(23)14-5-7-19-8-6-14/h5-8,10-12H,3-4,9H2,1-2H3,(H,21,23)/b20-12-. The van der Waals surface area contributed by atoms with Crippen molar-refractivity contribution >= 4 is 17.8 Å². The van der Waals surface area contributed by atoms with E-state index in [0.29, 0.717) is 17.7 Å². The zero-order chi connectivity index (χ0) is 19.6. The van der Waals surface area contributed by atoms with Crippen LogP contribution in [-0.2, 0) is 0 Å². The number of hydrogen-bond acceptors (Lipinski definition) is 7. The van der Waals surface area contributed by atoms with Crippen LogP contribution in [0, 0.1) is 10.1 Å². The fourth-order valence-electron chi connectivity index (χ4n) is 2.17. The summed E-state index contributed by atoms with van der Waals surface area (Å²) >= 11 is 0. The number of hydrazone groups is 1. The Morgan fingerprint density at radius 3 is 2.74 bits per heavy atom. The molecule has 2 rings (SSSR count). The fourth-order valence-corrected chi connectivity index (χ4v) is 2.17. The third kappa shape index (κ3) is 5.50. The van der Waals surface area contributed by atoms with Gasteiger partial charge in [-0.05, 0) is 24.6 Å². The van der Waals surface area contributed by atoms with Gasteiger partial charge in [0.15, 0.2) is 5.75 Å². The molecule has 1 aromatic carbocycles. The van der Waals surface area contributed by atoms with Gasteiger partial charge in [-0.2, -0.15) is 5.10 Å². The molecule has 1 amide bonds. The van der Waals surface area contributed by atoms with E-state index in [2.05, 4.69) is 15.5 Å². The summed E-state index contributed by atoms with van der Waals surface area (Å²) < 4.78 is 10.7. The molecule has 0 aliphatic rings. The van der Waals surface area contributed by atoms with Crippen molar-refractivity contribution < 1.29 is 19.2 Å². The number of nitrogens with zero attached hydrogens (tertiary/aromatic N) is 3. The van der Waals surface area contributed by atoms with Gasteiger partial charge in [0.1, 0.15) is 0 Å². The number of ether oxygens (including phenoxy) is 2. The maximum absolute atomic E-state index is 11.9. The van der Waals surface area contributed by atoms with E-state index in [-0.39, 0.29) is 17.2 Å². The molecule has 9 nitrogen and oxygen atoms in total. The molecule has 0 fully saturated rings. The number of nitro groups is 1. The molecule has 1 aromatic heterocycles. The topological polar surface area (TPSA) is 116 Å². The second-order valence-electron chi connectivity index (χ2n) is 5.47. The molecule has 0 unspecified atom stereocenters. The summed E-state index contributed by atoms with van der Waals surface area (Å²) in [7, 11) is 1.40. The lowest BCUT2D eigenvalue weighted by Crippen LogP contribution is -2.17. The summed E-state index contributed by atoms with van der Waals surface area (Å²) in [5, 5.41) is 15.2. The zero-order valence-corrected chi connectivity index (χ0v) is 15.0. The van der Waals surface area contributed by atoms with Gasteiger partial charge < -0.3 is 9.47 Å². The number of carbonyl (C=O) groups excluding carboxylic acids is 1. The smallest absolute Gasteiger partial charge is 0.315 e. The summed E-state index contributed by atoms with van der Waals surface area (Å²) in [4.78, 5) is 26.6. The number of hydrogen-bond donors (Lipinski definition) is 1. The number of carbonyl (C=O) groups is 1. The van der Waals surface area contributed by atoms with Crippen LogP contribution in [0.3, 0.4) is 0 Å². The normalized spacial score (nSPS) is 10.6. The van der Waals surface area contributed by atoms with Gasteiger partial charge in [-0.3, -0.25) is 19.9 Å². The Bertz CT molecular complexity index is 824.